The van der Waals surface area contributed by atoms with E-state index in [-0.39, 0.29) is 5.54 Å². The van der Waals surface area contributed by atoms with E-state index in [1.54, 1.807) is 10.9 Å². The zero-order valence-electron chi connectivity index (χ0n) is 13.3. The Balaban J connectivity index is 1.69. The SMILES string of the molecule is Cn1ncc2c(Nc3cccc(Cl)c3)nc(NCC3(N)CC3)nc21. The van der Waals surface area contributed by atoms with Crippen molar-refractivity contribution in [2.45, 2.75) is 18.4 Å². The molecule has 1 aromatic carbocycles. The Morgan fingerprint density at radius 1 is 1.33 bits per heavy atom. The van der Waals surface area contributed by atoms with Crippen LogP contribution in [0.25, 0.3) is 11.0 Å². The number of anilines is 3. The van der Waals surface area contributed by atoms with Crippen LogP contribution in [0.1, 0.15) is 12.8 Å². The number of nitrogens with two attached hydrogens (primary N) is 1. The van der Waals surface area contributed by atoms with Crippen LogP contribution in [0.3, 0.4) is 0 Å². The molecule has 1 fully saturated rings. The van der Waals surface area contributed by atoms with Crippen molar-refractivity contribution in [1.82, 2.24) is 19.7 Å². The summed E-state index contributed by atoms with van der Waals surface area (Å²) in [5, 5.41) is 12.3. The van der Waals surface area contributed by atoms with Gasteiger partial charge >= 0.3 is 0 Å². The number of fused-ring (bicyclic) bond motifs is 1. The Bertz CT molecular complexity index is 901. The molecule has 3 aromatic rings. The van der Waals surface area contributed by atoms with E-state index in [1.165, 1.54) is 0 Å². The molecule has 2 heterocycles. The van der Waals surface area contributed by atoms with Gasteiger partial charge in [0.15, 0.2) is 5.65 Å². The standard InChI is InChI=1S/C16H18ClN7/c1-24-14-12(8-20-24)13(21-11-4-2-3-10(17)7-11)22-15(23-14)19-9-16(18)5-6-16/h2-4,7-8H,5-6,9,18H2,1H3,(H2,19,21,22,23). The smallest absolute Gasteiger partial charge is 0.226 e. The van der Waals surface area contributed by atoms with Crippen molar-refractivity contribution in [2.75, 3.05) is 17.2 Å². The highest BCUT2D eigenvalue weighted by Gasteiger charge is 2.38. The lowest BCUT2D eigenvalue weighted by Crippen LogP contribution is -2.31. The number of benzene rings is 1. The van der Waals surface area contributed by atoms with Gasteiger partial charge in [0.1, 0.15) is 5.82 Å². The van der Waals surface area contributed by atoms with Gasteiger partial charge in [-0.05, 0) is 31.0 Å². The third-order valence-corrected chi connectivity index (χ3v) is 4.41. The normalized spacial score (nSPS) is 15.5. The zero-order chi connectivity index (χ0) is 16.7. The average molecular weight is 344 g/mol. The van der Waals surface area contributed by atoms with Crippen LogP contribution in [-0.2, 0) is 7.05 Å². The first-order chi connectivity index (χ1) is 11.5. The fourth-order valence-electron chi connectivity index (χ4n) is 2.49. The molecule has 4 rings (SSSR count). The maximum Gasteiger partial charge on any atom is 0.226 e. The zero-order valence-corrected chi connectivity index (χ0v) is 14.0. The second kappa shape index (κ2) is 5.61. The van der Waals surface area contributed by atoms with Crippen molar-refractivity contribution >= 4 is 40.1 Å². The maximum atomic E-state index is 6.13. The van der Waals surface area contributed by atoms with Crippen molar-refractivity contribution in [3.8, 4) is 0 Å². The van der Waals surface area contributed by atoms with Crippen LogP contribution >= 0.6 is 11.6 Å². The lowest BCUT2D eigenvalue weighted by Gasteiger charge is -2.13. The quantitative estimate of drug-likeness (QED) is 0.659. The fourth-order valence-corrected chi connectivity index (χ4v) is 2.68. The highest BCUT2D eigenvalue weighted by molar-refractivity contribution is 6.30. The second-order valence-corrected chi connectivity index (χ2v) is 6.69. The molecule has 0 bridgehead atoms. The van der Waals surface area contributed by atoms with E-state index in [0.29, 0.717) is 23.3 Å². The molecule has 0 saturated heterocycles. The van der Waals surface area contributed by atoms with Crippen LogP contribution in [0.4, 0.5) is 17.5 Å². The van der Waals surface area contributed by atoms with Crippen LogP contribution in [-0.4, -0.2) is 31.8 Å². The predicted molar refractivity (Wildman–Crippen MR) is 95.7 cm³/mol. The minimum absolute atomic E-state index is 0.120. The van der Waals surface area contributed by atoms with E-state index in [2.05, 4.69) is 25.7 Å². The van der Waals surface area contributed by atoms with Crippen molar-refractivity contribution in [3.05, 3.63) is 35.5 Å². The number of hydrogen-bond acceptors (Lipinski definition) is 6. The van der Waals surface area contributed by atoms with E-state index in [1.807, 2.05) is 31.3 Å². The fraction of sp³-hybridized carbons (Fsp3) is 0.312. The van der Waals surface area contributed by atoms with Gasteiger partial charge in [-0.15, -0.1) is 0 Å². The largest absolute Gasteiger partial charge is 0.352 e. The minimum Gasteiger partial charge on any atom is -0.352 e. The van der Waals surface area contributed by atoms with Crippen LogP contribution in [0.15, 0.2) is 30.5 Å². The van der Waals surface area contributed by atoms with Gasteiger partial charge < -0.3 is 16.4 Å². The van der Waals surface area contributed by atoms with Gasteiger partial charge in [0.05, 0.1) is 11.6 Å². The van der Waals surface area contributed by atoms with Gasteiger partial charge in [-0.1, -0.05) is 17.7 Å². The van der Waals surface area contributed by atoms with Gasteiger partial charge in [-0.3, -0.25) is 4.68 Å². The molecule has 0 atom stereocenters. The van der Waals surface area contributed by atoms with E-state index in [0.717, 1.165) is 29.6 Å². The van der Waals surface area contributed by atoms with Crippen LogP contribution < -0.4 is 16.4 Å². The highest BCUT2D eigenvalue weighted by Crippen LogP contribution is 2.32. The first kappa shape index (κ1) is 15.2. The Hall–Kier alpha value is -2.38. The van der Waals surface area contributed by atoms with Crippen molar-refractivity contribution < 1.29 is 0 Å². The number of hydrogen-bond donors (Lipinski definition) is 3. The second-order valence-electron chi connectivity index (χ2n) is 6.25. The lowest BCUT2D eigenvalue weighted by atomic mass is 10.3. The predicted octanol–water partition coefficient (Wildman–Crippen LogP) is 2.66. The molecular weight excluding hydrogens is 326 g/mol. The Morgan fingerprint density at radius 2 is 2.17 bits per heavy atom. The topological polar surface area (TPSA) is 93.7 Å². The van der Waals surface area contributed by atoms with Gasteiger partial charge in [0.25, 0.3) is 0 Å². The molecule has 0 spiro atoms. The molecule has 4 N–H and O–H groups in total. The van der Waals surface area contributed by atoms with Crippen LogP contribution in [0, 0.1) is 0 Å². The highest BCUT2D eigenvalue weighted by atomic mass is 35.5. The Labute approximate surface area is 144 Å². The summed E-state index contributed by atoms with van der Waals surface area (Å²) in [6.45, 7) is 0.660. The average Bonchev–Trinajstić information content (AvgIpc) is 3.18. The summed E-state index contributed by atoms with van der Waals surface area (Å²) in [6.07, 6.45) is 3.81. The minimum atomic E-state index is -0.120. The number of nitrogens with zero attached hydrogens (tertiary/aromatic N) is 4. The summed E-state index contributed by atoms with van der Waals surface area (Å²) in [6, 6.07) is 7.49. The summed E-state index contributed by atoms with van der Waals surface area (Å²) in [5.74, 6) is 1.21. The molecule has 1 saturated carbocycles. The first-order valence-electron chi connectivity index (χ1n) is 7.78. The summed E-state index contributed by atoms with van der Waals surface area (Å²) in [4.78, 5) is 9.13. The molecule has 7 nitrogen and oxygen atoms in total. The van der Waals surface area contributed by atoms with E-state index < -0.39 is 0 Å². The third-order valence-electron chi connectivity index (χ3n) is 4.17. The summed E-state index contributed by atoms with van der Waals surface area (Å²) >= 11 is 6.06. The van der Waals surface area contributed by atoms with Crippen LogP contribution in [0.2, 0.25) is 5.02 Å². The molecule has 0 radical (unpaired) electrons. The first-order valence-corrected chi connectivity index (χ1v) is 8.15. The third kappa shape index (κ3) is 3.00. The van der Waals surface area contributed by atoms with Gasteiger partial charge in [0.2, 0.25) is 5.95 Å². The Morgan fingerprint density at radius 3 is 2.92 bits per heavy atom. The monoisotopic (exact) mass is 343 g/mol. The summed E-state index contributed by atoms with van der Waals surface area (Å²) in [7, 11) is 1.85. The Kier molecular flexibility index (Phi) is 3.54. The number of rotatable bonds is 5. The van der Waals surface area contributed by atoms with Crippen molar-refractivity contribution in [1.29, 1.82) is 0 Å². The molecule has 0 unspecified atom stereocenters. The molecule has 1 aliphatic rings. The molecular formula is C16H18ClN7. The van der Waals surface area contributed by atoms with Gasteiger partial charge in [0, 0.05) is 29.8 Å². The van der Waals surface area contributed by atoms with Gasteiger partial charge in [-0.25, -0.2) is 0 Å². The van der Waals surface area contributed by atoms with Crippen molar-refractivity contribution in [3.63, 3.8) is 0 Å². The molecule has 2 aromatic heterocycles. The number of aromatic nitrogens is 4. The lowest BCUT2D eigenvalue weighted by molar-refractivity contribution is 0.708. The number of nitrogens with one attached hydrogen (secondary N) is 2. The maximum absolute atomic E-state index is 6.13. The summed E-state index contributed by atoms with van der Waals surface area (Å²) < 4.78 is 1.72. The van der Waals surface area contributed by atoms with E-state index in [9.17, 15) is 0 Å². The molecule has 8 heteroatoms. The molecule has 0 amide bonds. The number of aryl methyl sites for hydroxylation is 1. The van der Waals surface area contributed by atoms with Crippen molar-refractivity contribution in [2.24, 2.45) is 12.8 Å². The molecule has 0 aliphatic heterocycles. The number of halogens is 1. The van der Waals surface area contributed by atoms with E-state index >= 15 is 0 Å². The van der Waals surface area contributed by atoms with Crippen LogP contribution in [0.5, 0.6) is 0 Å². The molecule has 1 aliphatic carbocycles. The molecule has 124 valence electrons. The van der Waals surface area contributed by atoms with Gasteiger partial charge in [-0.2, -0.15) is 15.1 Å². The van der Waals surface area contributed by atoms with E-state index in [4.69, 9.17) is 17.3 Å². The molecule has 24 heavy (non-hydrogen) atoms. The summed E-state index contributed by atoms with van der Waals surface area (Å²) in [5.41, 5.74) is 7.61.